The van der Waals surface area contributed by atoms with Gasteiger partial charge in [-0.2, -0.15) is 0 Å². The van der Waals surface area contributed by atoms with Crippen LogP contribution in [-0.2, 0) is 4.79 Å². The first-order valence-electron chi connectivity index (χ1n) is 3.52. The van der Waals surface area contributed by atoms with Gasteiger partial charge in [-0.05, 0) is 30.7 Å². The summed E-state index contributed by atoms with van der Waals surface area (Å²) in [7, 11) is 0. The highest BCUT2D eigenvalue weighted by Gasteiger charge is 1.98. The van der Waals surface area contributed by atoms with Gasteiger partial charge in [0.25, 0.3) is 0 Å². The Kier molecular flexibility index (Phi) is 4.77. The van der Waals surface area contributed by atoms with Crippen molar-refractivity contribution in [3.8, 4) is 0 Å². The lowest BCUT2D eigenvalue weighted by atomic mass is 10.2. The van der Waals surface area contributed by atoms with Crippen LogP contribution >= 0.6 is 12.4 Å². The molecule has 13 heavy (non-hydrogen) atoms. The Bertz CT molecular complexity index is 309. The molecule has 1 rings (SSSR count). The second-order valence-corrected chi connectivity index (χ2v) is 2.41. The van der Waals surface area contributed by atoms with Crippen molar-refractivity contribution in [1.82, 2.24) is 4.98 Å². The maximum Gasteiger partial charge on any atom is 0.331 e. The fourth-order valence-electron chi connectivity index (χ4n) is 0.771. The van der Waals surface area contributed by atoms with Crippen LogP contribution in [0.4, 0.5) is 0 Å². The van der Waals surface area contributed by atoms with Gasteiger partial charge in [0.1, 0.15) is 0 Å². The van der Waals surface area contributed by atoms with Crippen molar-refractivity contribution in [2.75, 3.05) is 0 Å². The minimum atomic E-state index is -0.896. The molecule has 0 saturated carbocycles. The highest BCUT2D eigenvalue weighted by Crippen LogP contribution is 2.04. The standard InChI is InChI=1S/C9H9NO2.ClH/c1-7(9(11)12)6-8-2-4-10-5-3-8;/h2-6H,1H3,(H,11,12);1H. The van der Waals surface area contributed by atoms with Crippen LogP contribution in [0.1, 0.15) is 12.5 Å². The van der Waals surface area contributed by atoms with Crippen LogP contribution in [0.5, 0.6) is 0 Å². The van der Waals surface area contributed by atoms with Gasteiger partial charge in [0.2, 0.25) is 0 Å². The number of nitrogens with zero attached hydrogens (tertiary/aromatic N) is 1. The molecule has 0 aliphatic carbocycles. The molecule has 1 N–H and O–H groups in total. The van der Waals surface area contributed by atoms with Crippen molar-refractivity contribution in [2.24, 2.45) is 0 Å². The third kappa shape index (κ3) is 3.71. The summed E-state index contributed by atoms with van der Waals surface area (Å²) >= 11 is 0. The predicted octanol–water partition coefficient (Wildman–Crippen LogP) is 1.99. The Morgan fingerprint density at radius 1 is 1.46 bits per heavy atom. The minimum Gasteiger partial charge on any atom is -0.478 e. The van der Waals surface area contributed by atoms with Gasteiger partial charge in [-0.1, -0.05) is 0 Å². The zero-order valence-corrected chi connectivity index (χ0v) is 7.91. The number of carboxylic acids is 1. The molecule has 0 amide bonds. The summed E-state index contributed by atoms with van der Waals surface area (Å²) in [6.45, 7) is 1.56. The zero-order valence-electron chi connectivity index (χ0n) is 7.10. The largest absolute Gasteiger partial charge is 0.478 e. The first-order chi connectivity index (χ1) is 5.70. The van der Waals surface area contributed by atoms with Crippen LogP contribution in [0.15, 0.2) is 30.1 Å². The molecule has 1 heterocycles. The van der Waals surface area contributed by atoms with E-state index < -0.39 is 5.97 Å². The number of carbonyl (C=O) groups is 1. The van der Waals surface area contributed by atoms with Crippen LogP contribution in [0.3, 0.4) is 0 Å². The molecular formula is C9H10ClNO2. The van der Waals surface area contributed by atoms with E-state index in [4.69, 9.17) is 5.11 Å². The average Bonchev–Trinajstić information content (AvgIpc) is 2.06. The van der Waals surface area contributed by atoms with Crippen LogP contribution < -0.4 is 0 Å². The maximum atomic E-state index is 10.4. The van der Waals surface area contributed by atoms with Gasteiger partial charge < -0.3 is 5.11 Å². The Hall–Kier alpha value is -1.35. The van der Waals surface area contributed by atoms with Crippen LogP contribution in [0, 0.1) is 0 Å². The van der Waals surface area contributed by atoms with E-state index in [9.17, 15) is 4.79 Å². The zero-order chi connectivity index (χ0) is 8.97. The Morgan fingerprint density at radius 2 is 2.00 bits per heavy atom. The highest BCUT2D eigenvalue weighted by atomic mass is 35.5. The van der Waals surface area contributed by atoms with Crippen molar-refractivity contribution in [2.45, 2.75) is 6.92 Å². The Morgan fingerprint density at radius 3 is 2.46 bits per heavy atom. The van der Waals surface area contributed by atoms with Crippen LogP contribution in [0.2, 0.25) is 0 Å². The van der Waals surface area contributed by atoms with Crippen molar-refractivity contribution in [3.63, 3.8) is 0 Å². The summed E-state index contributed by atoms with van der Waals surface area (Å²) in [5.74, 6) is -0.896. The number of aromatic nitrogens is 1. The van der Waals surface area contributed by atoms with Crippen molar-refractivity contribution >= 4 is 24.5 Å². The highest BCUT2D eigenvalue weighted by molar-refractivity contribution is 5.91. The lowest BCUT2D eigenvalue weighted by molar-refractivity contribution is -0.132. The predicted molar refractivity (Wildman–Crippen MR) is 52.8 cm³/mol. The average molecular weight is 200 g/mol. The first-order valence-corrected chi connectivity index (χ1v) is 3.52. The van der Waals surface area contributed by atoms with Gasteiger partial charge >= 0.3 is 5.97 Å². The lowest BCUT2D eigenvalue weighted by Crippen LogP contribution is -1.95. The normalized spacial score (nSPS) is 10.4. The number of aliphatic carboxylic acids is 1. The summed E-state index contributed by atoms with van der Waals surface area (Å²) in [6, 6.07) is 3.51. The number of halogens is 1. The number of hydrogen-bond acceptors (Lipinski definition) is 2. The van der Waals surface area contributed by atoms with Crippen molar-refractivity contribution < 1.29 is 9.90 Å². The topological polar surface area (TPSA) is 50.2 Å². The van der Waals surface area contributed by atoms with E-state index in [1.807, 2.05) is 0 Å². The molecule has 0 saturated heterocycles. The molecule has 1 aromatic rings. The van der Waals surface area contributed by atoms with Gasteiger partial charge in [0.15, 0.2) is 0 Å². The van der Waals surface area contributed by atoms with Gasteiger partial charge in [-0.3, -0.25) is 4.98 Å². The molecule has 0 aliphatic rings. The number of pyridine rings is 1. The Balaban J connectivity index is 0.00000144. The Labute approximate surface area is 82.5 Å². The molecule has 0 aliphatic heterocycles. The van der Waals surface area contributed by atoms with Crippen molar-refractivity contribution in [1.29, 1.82) is 0 Å². The molecule has 70 valence electrons. The molecule has 0 radical (unpaired) electrons. The second-order valence-electron chi connectivity index (χ2n) is 2.41. The molecule has 0 bridgehead atoms. The number of rotatable bonds is 2. The molecule has 0 atom stereocenters. The summed E-state index contributed by atoms with van der Waals surface area (Å²) < 4.78 is 0. The van der Waals surface area contributed by atoms with Gasteiger partial charge in [-0.25, -0.2) is 4.79 Å². The monoisotopic (exact) mass is 199 g/mol. The van der Waals surface area contributed by atoms with E-state index >= 15 is 0 Å². The van der Waals surface area contributed by atoms with E-state index in [1.165, 1.54) is 0 Å². The van der Waals surface area contributed by atoms with Crippen molar-refractivity contribution in [3.05, 3.63) is 35.7 Å². The van der Waals surface area contributed by atoms with E-state index in [-0.39, 0.29) is 12.4 Å². The van der Waals surface area contributed by atoms with Gasteiger partial charge in [-0.15, -0.1) is 12.4 Å². The first kappa shape index (κ1) is 11.6. The maximum absolute atomic E-state index is 10.4. The van der Waals surface area contributed by atoms with Crippen LogP contribution in [-0.4, -0.2) is 16.1 Å². The number of carboxylic acid groups (broad SMARTS) is 1. The summed E-state index contributed by atoms with van der Waals surface area (Å²) in [6.07, 6.45) is 4.85. The summed E-state index contributed by atoms with van der Waals surface area (Å²) in [5, 5.41) is 8.56. The van der Waals surface area contributed by atoms with Gasteiger partial charge in [0.05, 0.1) is 0 Å². The molecule has 0 fully saturated rings. The third-order valence-electron chi connectivity index (χ3n) is 1.43. The quantitative estimate of drug-likeness (QED) is 0.742. The van der Waals surface area contributed by atoms with E-state index in [2.05, 4.69) is 4.98 Å². The SMILES string of the molecule is CC(=Cc1ccncc1)C(=O)O.Cl. The summed E-state index contributed by atoms with van der Waals surface area (Å²) in [4.78, 5) is 14.2. The smallest absolute Gasteiger partial charge is 0.331 e. The lowest BCUT2D eigenvalue weighted by Gasteiger charge is -1.93. The molecule has 4 heteroatoms. The molecule has 0 spiro atoms. The fourth-order valence-corrected chi connectivity index (χ4v) is 0.771. The molecule has 3 nitrogen and oxygen atoms in total. The van der Waals surface area contributed by atoms with E-state index in [1.54, 1.807) is 37.5 Å². The van der Waals surface area contributed by atoms with E-state index in [0.717, 1.165) is 5.56 Å². The minimum absolute atomic E-state index is 0. The second kappa shape index (κ2) is 5.32. The molecule has 0 aromatic carbocycles. The molecular weight excluding hydrogens is 190 g/mol. The third-order valence-corrected chi connectivity index (χ3v) is 1.43. The summed E-state index contributed by atoms with van der Waals surface area (Å²) in [5.41, 5.74) is 1.17. The molecule has 1 aromatic heterocycles. The fraction of sp³-hybridized carbons (Fsp3) is 0.111. The van der Waals surface area contributed by atoms with Crippen LogP contribution in [0.25, 0.3) is 6.08 Å². The number of hydrogen-bond donors (Lipinski definition) is 1. The molecule has 0 unspecified atom stereocenters. The van der Waals surface area contributed by atoms with Gasteiger partial charge in [0, 0.05) is 18.0 Å². The van der Waals surface area contributed by atoms with E-state index in [0.29, 0.717) is 5.57 Å².